The van der Waals surface area contributed by atoms with Gasteiger partial charge in [-0.2, -0.15) is 0 Å². The summed E-state index contributed by atoms with van der Waals surface area (Å²) in [4.78, 5) is 8.81. The summed E-state index contributed by atoms with van der Waals surface area (Å²) in [5.41, 5.74) is 2.31. The number of aromatic nitrogens is 2. The van der Waals surface area contributed by atoms with Gasteiger partial charge in [0.15, 0.2) is 15.6 Å². The van der Waals surface area contributed by atoms with Crippen LogP contribution in [0.1, 0.15) is 6.92 Å². The number of hydrogen-bond donors (Lipinski definition) is 1. The Balaban J connectivity index is 1.63. The average Bonchev–Trinajstić information content (AvgIpc) is 3.46. The fourth-order valence-corrected chi connectivity index (χ4v) is 4.44. The van der Waals surface area contributed by atoms with E-state index in [1.54, 1.807) is 36.7 Å². The third kappa shape index (κ3) is 4.07. The maximum Gasteiger partial charge on any atom is 0.299 e. The third-order valence-corrected chi connectivity index (χ3v) is 7.04. The molecule has 0 fully saturated rings. The second-order valence-corrected chi connectivity index (χ2v) is 9.51. The molecule has 0 aliphatic heterocycles. The molecule has 2 heterocycles. The van der Waals surface area contributed by atoms with Crippen molar-refractivity contribution in [3.05, 3.63) is 60.2 Å². The summed E-state index contributed by atoms with van der Waals surface area (Å²) in [5, 5.41) is 5.87. The van der Waals surface area contributed by atoms with E-state index in [0.29, 0.717) is 17.2 Å². The first-order valence-electron chi connectivity index (χ1n) is 9.14. The van der Waals surface area contributed by atoms with E-state index in [0.717, 1.165) is 16.1 Å². The second-order valence-electron chi connectivity index (χ2n) is 6.34. The van der Waals surface area contributed by atoms with Gasteiger partial charge in [-0.25, -0.2) is 18.4 Å². The monoisotopic (exact) mass is 441 g/mol. The number of nitrogens with zero attached hydrogens (tertiary/aromatic N) is 2. The van der Waals surface area contributed by atoms with Gasteiger partial charge in [-0.3, -0.25) is 0 Å². The number of sulfone groups is 1. The number of thiazole rings is 1. The molecule has 0 saturated carbocycles. The molecule has 0 aliphatic carbocycles. The van der Waals surface area contributed by atoms with Gasteiger partial charge in [0.05, 0.1) is 29.6 Å². The molecule has 2 aromatic heterocycles. The van der Waals surface area contributed by atoms with E-state index in [1.807, 2.05) is 29.6 Å². The molecular weight excluding hydrogens is 422 g/mol. The molecule has 0 radical (unpaired) electrons. The highest BCUT2D eigenvalue weighted by atomic mass is 32.2. The van der Waals surface area contributed by atoms with E-state index in [4.69, 9.17) is 9.15 Å². The number of hydrogen-bond acceptors (Lipinski definition) is 8. The van der Waals surface area contributed by atoms with Crippen LogP contribution in [-0.4, -0.2) is 31.2 Å². The Bertz CT molecular complexity index is 1270. The van der Waals surface area contributed by atoms with E-state index in [1.165, 1.54) is 19.2 Å². The van der Waals surface area contributed by atoms with Crippen LogP contribution in [0.4, 0.5) is 11.7 Å². The van der Waals surface area contributed by atoms with Crippen molar-refractivity contribution < 1.29 is 17.6 Å². The number of methoxy groups -OCH3 is 1. The minimum absolute atomic E-state index is 0.0113. The molecule has 0 atom stereocenters. The lowest BCUT2D eigenvalue weighted by atomic mass is 10.1. The highest BCUT2D eigenvalue weighted by Crippen LogP contribution is 2.33. The maximum absolute atomic E-state index is 12.2. The molecule has 0 saturated heterocycles. The van der Waals surface area contributed by atoms with Gasteiger partial charge in [-0.15, -0.1) is 11.3 Å². The topological polar surface area (TPSA) is 94.3 Å². The van der Waals surface area contributed by atoms with Gasteiger partial charge >= 0.3 is 0 Å². The van der Waals surface area contributed by atoms with Crippen molar-refractivity contribution in [2.24, 2.45) is 0 Å². The lowest BCUT2D eigenvalue weighted by molar-refractivity contribution is 0.416. The molecule has 2 aromatic carbocycles. The molecular formula is C21H19N3O4S2. The van der Waals surface area contributed by atoms with Crippen LogP contribution in [0.15, 0.2) is 69.6 Å². The van der Waals surface area contributed by atoms with Crippen LogP contribution in [0, 0.1) is 0 Å². The minimum atomic E-state index is -3.35. The zero-order valence-electron chi connectivity index (χ0n) is 16.3. The van der Waals surface area contributed by atoms with Gasteiger partial charge in [0, 0.05) is 22.7 Å². The lowest BCUT2D eigenvalue weighted by Crippen LogP contribution is -2.05. The molecule has 9 heteroatoms. The summed E-state index contributed by atoms with van der Waals surface area (Å²) in [6, 6.07) is 12.7. The Morgan fingerprint density at radius 1 is 1.13 bits per heavy atom. The molecule has 0 aliphatic rings. The molecule has 4 rings (SSSR count). The summed E-state index contributed by atoms with van der Waals surface area (Å²) in [6.07, 6.45) is 3.38. The first kappa shape index (κ1) is 20.1. The minimum Gasteiger partial charge on any atom is -0.495 e. The van der Waals surface area contributed by atoms with E-state index in [2.05, 4.69) is 15.3 Å². The molecule has 0 bridgehead atoms. The summed E-state index contributed by atoms with van der Waals surface area (Å²) >= 11 is 1.56. The Morgan fingerprint density at radius 2 is 1.97 bits per heavy atom. The number of benzene rings is 2. The van der Waals surface area contributed by atoms with Gasteiger partial charge in [-0.1, -0.05) is 25.1 Å². The average molecular weight is 442 g/mol. The third-order valence-electron chi connectivity index (χ3n) is 4.48. The zero-order chi connectivity index (χ0) is 21.1. The summed E-state index contributed by atoms with van der Waals surface area (Å²) in [6.45, 7) is 1.60. The number of oxazole rings is 1. The highest BCUT2D eigenvalue weighted by molar-refractivity contribution is 7.91. The van der Waals surface area contributed by atoms with Crippen molar-refractivity contribution in [1.82, 2.24) is 9.97 Å². The number of anilines is 2. The van der Waals surface area contributed by atoms with Gasteiger partial charge in [0.2, 0.25) is 0 Å². The lowest BCUT2D eigenvalue weighted by Gasteiger charge is -2.11. The van der Waals surface area contributed by atoms with Crippen LogP contribution in [0.25, 0.3) is 21.9 Å². The highest BCUT2D eigenvalue weighted by Gasteiger charge is 2.16. The largest absolute Gasteiger partial charge is 0.495 e. The van der Waals surface area contributed by atoms with Crippen molar-refractivity contribution in [3.63, 3.8) is 0 Å². The van der Waals surface area contributed by atoms with Crippen LogP contribution in [0.5, 0.6) is 5.75 Å². The summed E-state index contributed by atoms with van der Waals surface area (Å²) in [7, 11) is -1.84. The normalized spacial score (nSPS) is 11.4. The van der Waals surface area contributed by atoms with Crippen LogP contribution >= 0.6 is 11.3 Å². The molecule has 0 spiro atoms. The quantitative estimate of drug-likeness (QED) is 0.431. The molecule has 7 nitrogen and oxygen atoms in total. The predicted octanol–water partition coefficient (Wildman–Crippen LogP) is 5.01. The number of nitrogens with one attached hydrogen (secondary N) is 1. The first-order valence-corrected chi connectivity index (χ1v) is 11.7. The molecule has 4 aromatic rings. The van der Waals surface area contributed by atoms with Crippen LogP contribution < -0.4 is 10.1 Å². The molecule has 1 N–H and O–H groups in total. The smallest absolute Gasteiger partial charge is 0.299 e. The second kappa shape index (κ2) is 8.29. The Hall–Kier alpha value is -3.17. The van der Waals surface area contributed by atoms with Crippen LogP contribution in [-0.2, 0) is 9.84 Å². The van der Waals surface area contributed by atoms with Crippen LogP contribution in [0.2, 0.25) is 0 Å². The summed E-state index contributed by atoms with van der Waals surface area (Å²) in [5.74, 6) is 1.07. The molecule has 30 heavy (non-hydrogen) atoms. The Labute approximate surface area is 178 Å². The molecule has 154 valence electrons. The van der Waals surface area contributed by atoms with E-state index < -0.39 is 9.84 Å². The van der Waals surface area contributed by atoms with Crippen molar-refractivity contribution in [2.75, 3.05) is 18.2 Å². The fraction of sp³-hybridized carbons (Fsp3) is 0.143. The number of rotatable bonds is 7. The van der Waals surface area contributed by atoms with Gasteiger partial charge < -0.3 is 14.5 Å². The first-order chi connectivity index (χ1) is 14.5. The fourth-order valence-electron chi connectivity index (χ4n) is 2.90. The maximum atomic E-state index is 12.2. The summed E-state index contributed by atoms with van der Waals surface area (Å²) < 4.78 is 35.6. The van der Waals surface area contributed by atoms with E-state index in [-0.39, 0.29) is 16.7 Å². The van der Waals surface area contributed by atoms with Crippen molar-refractivity contribution >= 4 is 32.9 Å². The van der Waals surface area contributed by atoms with Crippen LogP contribution in [0.3, 0.4) is 0 Å². The van der Waals surface area contributed by atoms with Crippen molar-refractivity contribution in [3.8, 4) is 27.6 Å². The predicted molar refractivity (Wildman–Crippen MR) is 117 cm³/mol. The standard InChI is InChI=1S/C21H19N3O4S2/c1-3-30(25,26)16-7-8-18(27-2)17(12-16)24-21-23-13-19(28-21)14-5-4-6-15(11-14)20-22-9-10-29-20/h4-13H,3H2,1-2H3,(H,23,24). The molecule has 0 amide bonds. The van der Waals surface area contributed by atoms with Crippen molar-refractivity contribution in [1.29, 1.82) is 0 Å². The van der Waals surface area contributed by atoms with E-state index >= 15 is 0 Å². The van der Waals surface area contributed by atoms with Gasteiger partial charge in [0.1, 0.15) is 10.8 Å². The Morgan fingerprint density at radius 3 is 2.70 bits per heavy atom. The van der Waals surface area contributed by atoms with E-state index in [9.17, 15) is 8.42 Å². The Kier molecular flexibility index (Phi) is 5.56. The van der Waals surface area contributed by atoms with Gasteiger partial charge in [0.25, 0.3) is 6.01 Å². The zero-order valence-corrected chi connectivity index (χ0v) is 18.0. The number of ether oxygens (including phenoxy) is 1. The SMILES string of the molecule is CCS(=O)(=O)c1ccc(OC)c(Nc2ncc(-c3cccc(-c4nccs4)c3)o2)c1. The van der Waals surface area contributed by atoms with Crippen molar-refractivity contribution in [2.45, 2.75) is 11.8 Å². The van der Waals surface area contributed by atoms with Gasteiger partial charge in [-0.05, 0) is 24.3 Å². The molecule has 0 unspecified atom stereocenters.